The zero-order chi connectivity index (χ0) is 13.1. The third kappa shape index (κ3) is 2.83. The zero-order valence-corrected chi connectivity index (χ0v) is 11.5. The van der Waals surface area contributed by atoms with E-state index < -0.39 is 0 Å². The van der Waals surface area contributed by atoms with Crippen LogP contribution in [-0.4, -0.2) is 29.6 Å². The van der Waals surface area contributed by atoms with Crippen molar-refractivity contribution in [2.75, 3.05) is 35.6 Å². The van der Waals surface area contributed by atoms with E-state index in [0.29, 0.717) is 5.95 Å². The van der Waals surface area contributed by atoms with Gasteiger partial charge in [-0.3, -0.25) is 0 Å². The summed E-state index contributed by atoms with van der Waals surface area (Å²) < 4.78 is 0. The van der Waals surface area contributed by atoms with Crippen LogP contribution in [0.1, 0.15) is 27.2 Å². The SMILES string of the molecule is CCNc1cc(N2CCC(C(C)C)C2)nc(N)n1. The van der Waals surface area contributed by atoms with Gasteiger partial charge in [-0.25, -0.2) is 0 Å². The molecule has 100 valence electrons. The molecule has 3 N–H and O–H groups in total. The number of nitrogens with two attached hydrogens (primary N) is 1. The summed E-state index contributed by atoms with van der Waals surface area (Å²) in [5.74, 6) is 3.58. The van der Waals surface area contributed by atoms with E-state index >= 15 is 0 Å². The van der Waals surface area contributed by atoms with Crippen LogP contribution in [0.2, 0.25) is 0 Å². The first-order chi connectivity index (χ1) is 8.60. The number of nitrogen functional groups attached to an aromatic ring is 1. The van der Waals surface area contributed by atoms with E-state index in [1.807, 2.05) is 13.0 Å². The predicted octanol–water partition coefficient (Wildman–Crippen LogP) is 1.97. The highest BCUT2D eigenvalue weighted by Gasteiger charge is 2.26. The zero-order valence-electron chi connectivity index (χ0n) is 11.5. The second-order valence-corrected chi connectivity index (χ2v) is 5.24. The Hall–Kier alpha value is -1.52. The van der Waals surface area contributed by atoms with Gasteiger partial charge in [0.2, 0.25) is 5.95 Å². The lowest BCUT2D eigenvalue weighted by Gasteiger charge is -2.19. The first-order valence-electron chi connectivity index (χ1n) is 6.73. The minimum Gasteiger partial charge on any atom is -0.370 e. The number of nitrogens with one attached hydrogen (secondary N) is 1. The van der Waals surface area contributed by atoms with Crippen molar-refractivity contribution < 1.29 is 0 Å². The van der Waals surface area contributed by atoms with Crippen LogP contribution >= 0.6 is 0 Å². The van der Waals surface area contributed by atoms with Gasteiger partial charge in [0.05, 0.1) is 0 Å². The largest absolute Gasteiger partial charge is 0.370 e. The third-order valence-corrected chi connectivity index (χ3v) is 3.58. The fourth-order valence-corrected chi connectivity index (χ4v) is 2.43. The summed E-state index contributed by atoms with van der Waals surface area (Å²) in [5.41, 5.74) is 5.76. The molecular weight excluding hydrogens is 226 g/mol. The van der Waals surface area contributed by atoms with Crippen molar-refractivity contribution in [1.82, 2.24) is 9.97 Å². The lowest BCUT2D eigenvalue weighted by atomic mass is 9.95. The first-order valence-corrected chi connectivity index (χ1v) is 6.73. The van der Waals surface area contributed by atoms with Gasteiger partial charge >= 0.3 is 0 Å². The van der Waals surface area contributed by atoms with Crippen molar-refractivity contribution in [2.45, 2.75) is 27.2 Å². The van der Waals surface area contributed by atoms with Crippen molar-refractivity contribution in [3.05, 3.63) is 6.07 Å². The van der Waals surface area contributed by atoms with Crippen molar-refractivity contribution in [1.29, 1.82) is 0 Å². The Labute approximate surface area is 109 Å². The summed E-state index contributed by atoms with van der Waals surface area (Å²) in [6.07, 6.45) is 1.23. The van der Waals surface area contributed by atoms with Crippen LogP contribution in [0.25, 0.3) is 0 Å². The van der Waals surface area contributed by atoms with Crippen molar-refractivity contribution in [3.8, 4) is 0 Å². The number of rotatable bonds is 4. The average molecular weight is 249 g/mol. The topological polar surface area (TPSA) is 67.1 Å². The Kier molecular flexibility index (Phi) is 3.89. The molecule has 0 aliphatic carbocycles. The third-order valence-electron chi connectivity index (χ3n) is 3.58. The van der Waals surface area contributed by atoms with Gasteiger partial charge in [0.25, 0.3) is 0 Å². The molecule has 0 radical (unpaired) electrons. The van der Waals surface area contributed by atoms with Crippen molar-refractivity contribution >= 4 is 17.6 Å². The average Bonchev–Trinajstić information content (AvgIpc) is 2.78. The molecule has 1 unspecified atom stereocenters. The van der Waals surface area contributed by atoms with E-state index in [1.54, 1.807) is 0 Å². The molecular formula is C13H23N5. The van der Waals surface area contributed by atoms with E-state index in [2.05, 4.69) is 34.0 Å². The predicted molar refractivity (Wildman–Crippen MR) is 75.8 cm³/mol. The molecule has 0 amide bonds. The second kappa shape index (κ2) is 5.42. The quantitative estimate of drug-likeness (QED) is 0.854. The number of nitrogens with zero attached hydrogens (tertiary/aromatic N) is 3. The van der Waals surface area contributed by atoms with Crippen LogP contribution in [0, 0.1) is 11.8 Å². The minimum absolute atomic E-state index is 0.344. The second-order valence-electron chi connectivity index (χ2n) is 5.24. The van der Waals surface area contributed by atoms with E-state index in [1.165, 1.54) is 6.42 Å². The molecule has 0 spiro atoms. The monoisotopic (exact) mass is 249 g/mol. The Morgan fingerprint density at radius 3 is 2.89 bits per heavy atom. The van der Waals surface area contributed by atoms with Crippen LogP contribution in [0.3, 0.4) is 0 Å². The first kappa shape index (κ1) is 12.9. The molecule has 1 fully saturated rings. The molecule has 0 bridgehead atoms. The molecule has 1 saturated heterocycles. The summed E-state index contributed by atoms with van der Waals surface area (Å²) in [7, 11) is 0. The molecule has 5 nitrogen and oxygen atoms in total. The lowest BCUT2D eigenvalue weighted by molar-refractivity contribution is 0.422. The maximum absolute atomic E-state index is 5.76. The van der Waals surface area contributed by atoms with Gasteiger partial charge in [0.1, 0.15) is 11.6 Å². The Balaban J connectivity index is 2.13. The van der Waals surface area contributed by atoms with Gasteiger partial charge < -0.3 is 16.0 Å². The maximum Gasteiger partial charge on any atom is 0.223 e. The molecule has 2 heterocycles. The highest BCUT2D eigenvalue weighted by molar-refractivity contribution is 5.53. The number of anilines is 3. The Morgan fingerprint density at radius 2 is 2.28 bits per heavy atom. The van der Waals surface area contributed by atoms with Crippen molar-refractivity contribution in [2.24, 2.45) is 11.8 Å². The highest BCUT2D eigenvalue weighted by Crippen LogP contribution is 2.28. The van der Waals surface area contributed by atoms with Crippen LogP contribution < -0.4 is 16.0 Å². The van der Waals surface area contributed by atoms with Crippen LogP contribution in [0.5, 0.6) is 0 Å². The molecule has 0 saturated carbocycles. The fraction of sp³-hybridized carbons (Fsp3) is 0.692. The molecule has 2 rings (SSSR count). The van der Waals surface area contributed by atoms with Gasteiger partial charge in [0.15, 0.2) is 0 Å². The van der Waals surface area contributed by atoms with Gasteiger partial charge in [0, 0.05) is 25.7 Å². The van der Waals surface area contributed by atoms with Crippen LogP contribution in [0.4, 0.5) is 17.6 Å². The van der Waals surface area contributed by atoms with Gasteiger partial charge in [-0.2, -0.15) is 9.97 Å². The molecule has 1 atom stereocenters. The van der Waals surface area contributed by atoms with Crippen LogP contribution in [-0.2, 0) is 0 Å². The molecule has 18 heavy (non-hydrogen) atoms. The molecule has 5 heteroatoms. The lowest BCUT2D eigenvalue weighted by Crippen LogP contribution is -2.23. The summed E-state index contributed by atoms with van der Waals surface area (Å²) in [6.45, 7) is 9.58. The van der Waals surface area contributed by atoms with Gasteiger partial charge in [-0.05, 0) is 25.2 Å². The molecule has 0 aromatic carbocycles. The summed E-state index contributed by atoms with van der Waals surface area (Å²) in [4.78, 5) is 10.8. The molecule has 1 aliphatic heterocycles. The van der Waals surface area contributed by atoms with E-state index in [4.69, 9.17) is 5.73 Å². The summed E-state index contributed by atoms with van der Waals surface area (Å²) in [5, 5.41) is 3.19. The van der Waals surface area contributed by atoms with E-state index in [-0.39, 0.29) is 0 Å². The van der Waals surface area contributed by atoms with E-state index in [0.717, 1.165) is 43.1 Å². The molecule has 1 aliphatic rings. The molecule has 1 aromatic rings. The maximum atomic E-state index is 5.76. The van der Waals surface area contributed by atoms with Gasteiger partial charge in [-0.15, -0.1) is 0 Å². The Bertz CT molecular complexity index is 404. The van der Waals surface area contributed by atoms with E-state index in [9.17, 15) is 0 Å². The fourth-order valence-electron chi connectivity index (χ4n) is 2.43. The highest BCUT2D eigenvalue weighted by atomic mass is 15.2. The van der Waals surface area contributed by atoms with Crippen LogP contribution in [0.15, 0.2) is 6.07 Å². The summed E-state index contributed by atoms with van der Waals surface area (Å²) in [6, 6.07) is 1.99. The summed E-state index contributed by atoms with van der Waals surface area (Å²) >= 11 is 0. The standard InChI is InChI=1S/C13H23N5/c1-4-15-11-7-12(17-13(14)16-11)18-6-5-10(8-18)9(2)3/h7,9-10H,4-6,8H2,1-3H3,(H3,14,15,16,17). The Morgan fingerprint density at radius 1 is 1.50 bits per heavy atom. The number of hydrogen-bond acceptors (Lipinski definition) is 5. The smallest absolute Gasteiger partial charge is 0.223 e. The number of hydrogen-bond donors (Lipinski definition) is 2. The minimum atomic E-state index is 0.344. The number of aromatic nitrogens is 2. The van der Waals surface area contributed by atoms with Gasteiger partial charge in [-0.1, -0.05) is 13.8 Å². The van der Waals surface area contributed by atoms with Crippen molar-refractivity contribution in [3.63, 3.8) is 0 Å². The molecule has 1 aromatic heterocycles. The normalized spacial score (nSPS) is 19.6.